The molecule has 0 radical (unpaired) electrons. The van der Waals surface area contributed by atoms with E-state index in [1.165, 1.54) is 0 Å². The summed E-state index contributed by atoms with van der Waals surface area (Å²) in [6.07, 6.45) is 0.586. The van der Waals surface area contributed by atoms with Crippen molar-refractivity contribution in [2.24, 2.45) is 0 Å². The number of imidazole rings is 1. The van der Waals surface area contributed by atoms with E-state index in [4.69, 9.17) is 4.74 Å². The number of fused-ring (bicyclic) bond motifs is 7. The third-order valence-corrected chi connectivity index (χ3v) is 6.46. The van der Waals surface area contributed by atoms with Gasteiger partial charge in [0, 0.05) is 37.0 Å². The monoisotopic (exact) mass is 504 g/mol. The standard InChI is InChI=1S/C25H31F3N6O2/c1-3-33-17(2)18-8-7-9-19(16-18)21-31-23(22-29-13-14-34(22)32-21)36-15-6-4-5-10-20(30-24(33)35)11-12-25(26,27)28/h7-9,13-14,16-17,20H,3-6,10-12,15H2,1-2H3,(H,30,35)/t17-,20-/m1/s1. The van der Waals surface area contributed by atoms with Crippen molar-refractivity contribution in [3.8, 4) is 17.3 Å². The summed E-state index contributed by atoms with van der Waals surface area (Å²) in [4.78, 5) is 23.7. The predicted molar refractivity (Wildman–Crippen MR) is 129 cm³/mol. The first-order valence-electron chi connectivity index (χ1n) is 12.3. The van der Waals surface area contributed by atoms with E-state index in [2.05, 4.69) is 20.4 Å². The third-order valence-electron chi connectivity index (χ3n) is 6.46. The lowest BCUT2D eigenvalue weighted by Gasteiger charge is -2.31. The normalized spacial score (nSPS) is 20.0. The van der Waals surface area contributed by atoms with Crippen LogP contribution in [0.5, 0.6) is 5.88 Å². The van der Waals surface area contributed by atoms with Crippen molar-refractivity contribution < 1.29 is 22.7 Å². The number of nitrogens with zero attached hydrogens (tertiary/aromatic N) is 5. The molecule has 0 spiro atoms. The molecule has 1 aliphatic heterocycles. The molecule has 0 saturated heterocycles. The number of benzene rings is 1. The quantitative estimate of drug-likeness (QED) is 0.506. The van der Waals surface area contributed by atoms with Crippen LogP contribution in [0, 0.1) is 0 Å². The summed E-state index contributed by atoms with van der Waals surface area (Å²) in [6, 6.07) is 6.34. The van der Waals surface area contributed by atoms with E-state index in [1.54, 1.807) is 21.8 Å². The van der Waals surface area contributed by atoms with E-state index in [-0.39, 0.29) is 18.5 Å². The zero-order valence-electron chi connectivity index (χ0n) is 20.5. The Morgan fingerprint density at radius 1 is 1.22 bits per heavy atom. The number of halogens is 3. The summed E-state index contributed by atoms with van der Waals surface area (Å²) in [6.45, 7) is 4.54. The van der Waals surface area contributed by atoms with Gasteiger partial charge in [-0.15, -0.1) is 5.10 Å². The van der Waals surface area contributed by atoms with Gasteiger partial charge in [-0.1, -0.05) is 24.6 Å². The van der Waals surface area contributed by atoms with Crippen molar-refractivity contribution in [2.75, 3.05) is 13.2 Å². The van der Waals surface area contributed by atoms with Crippen LogP contribution in [-0.4, -0.2) is 55.9 Å². The summed E-state index contributed by atoms with van der Waals surface area (Å²) in [7, 11) is 0. The lowest BCUT2D eigenvalue weighted by atomic mass is 10.0. The summed E-state index contributed by atoms with van der Waals surface area (Å²) in [5.74, 6) is 0.844. The Bertz CT molecular complexity index is 1180. The van der Waals surface area contributed by atoms with Crippen LogP contribution < -0.4 is 10.1 Å². The highest BCUT2D eigenvalue weighted by atomic mass is 19.4. The van der Waals surface area contributed by atoms with E-state index in [0.29, 0.717) is 49.8 Å². The van der Waals surface area contributed by atoms with Crippen LogP contribution >= 0.6 is 0 Å². The third kappa shape index (κ3) is 6.24. The second-order valence-electron chi connectivity index (χ2n) is 9.02. The Kier molecular flexibility index (Phi) is 7.95. The van der Waals surface area contributed by atoms with Crippen molar-refractivity contribution >= 4 is 11.7 Å². The second-order valence-corrected chi connectivity index (χ2v) is 9.02. The Balaban J connectivity index is 1.66. The highest BCUT2D eigenvalue weighted by molar-refractivity contribution is 5.75. The van der Waals surface area contributed by atoms with Gasteiger partial charge in [0.25, 0.3) is 5.88 Å². The van der Waals surface area contributed by atoms with Crippen LogP contribution in [0.2, 0.25) is 0 Å². The predicted octanol–water partition coefficient (Wildman–Crippen LogP) is 5.55. The molecule has 4 rings (SSSR count). The molecule has 0 unspecified atom stereocenters. The zero-order chi connectivity index (χ0) is 25.7. The zero-order valence-corrected chi connectivity index (χ0v) is 20.5. The number of hydrogen-bond donors (Lipinski definition) is 1. The SMILES string of the molecule is CCN1C(=O)N[C@@H](CCC(F)(F)F)CCCCCOc2nc(nn3ccnc23)-c2cccc(c2)[C@H]1C. The molecule has 0 saturated carbocycles. The highest BCUT2D eigenvalue weighted by Crippen LogP contribution is 2.28. The summed E-state index contributed by atoms with van der Waals surface area (Å²) in [5, 5.41) is 7.43. The molecule has 8 nitrogen and oxygen atoms in total. The van der Waals surface area contributed by atoms with Crippen molar-refractivity contribution in [2.45, 2.75) is 70.6 Å². The number of aromatic nitrogens is 4. The molecule has 2 amide bonds. The van der Waals surface area contributed by atoms with Gasteiger partial charge in [0.1, 0.15) is 0 Å². The van der Waals surface area contributed by atoms with Crippen LogP contribution in [-0.2, 0) is 0 Å². The fourth-order valence-corrected chi connectivity index (χ4v) is 4.45. The number of amides is 2. The molecule has 1 aliphatic rings. The number of hydrogen-bond acceptors (Lipinski definition) is 5. The Morgan fingerprint density at radius 2 is 2.06 bits per heavy atom. The van der Waals surface area contributed by atoms with Crippen molar-refractivity contribution in [1.82, 2.24) is 29.8 Å². The van der Waals surface area contributed by atoms with Crippen LogP contribution in [0.25, 0.3) is 17.0 Å². The van der Waals surface area contributed by atoms with Crippen molar-refractivity contribution in [3.05, 3.63) is 42.2 Å². The van der Waals surface area contributed by atoms with Gasteiger partial charge < -0.3 is 15.0 Å². The summed E-state index contributed by atoms with van der Waals surface area (Å²) < 4.78 is 46.3. The molecule has 194 valence electrons. The molecular weight excluding hydrogens is 473 g/mol. The molecule has 36 heavy (non-hydrogen) atoms. The minimum absolute atomic E-state index is 0.146. The lowest BCUT2D eigenvalue weighted by molar-refractivity contribution is -0.136. The van der Waals surface area contributed by atoms with Crippen LogP contribution in [0.4, 0.5) is 18.0 Å². The van der Waals surface area contributed by atoms with Gasteiger partial charge in [0.15, 0.2) is 5.82 Å². The molecule has 11 heteroatoms. The number of rotatable bonds is 3. The second kappa shape index (κ2) is 11.1. The van der Waals surface area contributed by atoms with Gasteiger partial charge in [-0.3, -0.25) is 0 Å². The molecule has 3 aromatic rings. The maximum atomic E-state index is 13.2. The maximum absolute atomic E-state index is 13.2. The van der Waals surface area contributed by atoms with Gasteiger partial charge >= 0.3 is 12.2 Å². The van der Waals surface area contributed by atoms with Gasteiger partial charge in [0.2, 0.25) is 5.65 Å². The van der Waals surface area contributed by atoms with E-state index in [0.717, 1.165) is 17.5 Å². The van der Waals surface area contributed by atoms with Crippen molar-refractivity contribution in [1.29, 1.82) is 0 Å². The van der Waals surface area contributed by atoms with E-state index >= 15 is 0 Å². The average Bonchev–Trinajstić information content (AvgIpc) is 3.33. The van der Waals surface area contributed by atoms with Crippen LogP contribution in [0.1, 0.15) is 64.0 Å². The summed E-state index contributed by atoms with van der Waals surface area (Å²) in [5.41, 5.74) is 2.13. The number of urea groups is 1. The first-order valence-corrected chi connectivity index (χ1v) is 12.3. The lowest BCUT2D eigenvalue weighted by Crippen LogP contribution is -2.46. The number of nitrogens with one attached hydrogen (secondary N) is 1. The van der Waals surface area contributed by atoms with Crippen molar-refractivity contribution in [3.63, 3.8) is 0 Å². The highest BCUT2D eigenvalue weighted by Gasteiger charge is 2.30. The molecule has 2 aromatic heterocycles. The number of alkyl halides is 3. The van der Waals surface area contributed by atoms with E-state index in [9.17, 15) is 18.0 Å². The van der Waals surface area contributed by atoms with Gasteiger partial charge in [0.05, 0.1) is 12.6 Å². The molecule has 1 N–H and O–H groups in total. The Labute approximate surface area is 207 Å². The fourth-order valence-electron chi connectivity index (χ4n) is 4.45. The first kappa shape index (κ1) is 25.7. The number of carbonyl (C=O) groups is 1. The summed E-state index contributed by atoms with van der Waals surface area (Å²) >= 11 is 0. The van der Waals surface area contributed by atoms with Gasteiger partial charge in [-0.25, -0.2) is 14.3 Å². The molecular formula is C25H31F3N6O2. The molecule has 0 aliphatic carbocycles. The molecule has 1 aromatic carbocycles. The maximum Gasteiger partial charge on any atom is 0.389 e. The minimum atomic E-state index is -4.27. The smallest absolute Gasteiger partial charge is 0.389 e. The Hall–Kier alpha value is -3.37. The van der Waals surface area contributed by atoms with Crippen LogP contribution in [0.15, 0.2) is 36.7 Å². The average molecular weight is 505 g/mol. The van der Waals surface area contributed by atoms with E-state index in [1.807, 2.05) is 38.1 Å². The molecule has 2 atom stereocenters. The number of ether oxygens (including phenoxy) is 1. The topological polar surface area (TPSA) is 84.7 Å². The molecule has 0 fully saturated rings. The first-order chi connectivity index (χ1) is 17.2. The molecule has 4 bridgehead atoms. The van der Waals surface area contributed by atoms with Gasteiger partial charge in [-0.05, 0) is 51.2 Å². The largest absolute Gasteiger partial charge is 0.475 e. The van der Waals surface area contributed by atoms with Crippen LogP contribution in [0.3, 0.4) is 0 Å². The molecule has 3 heterocycles. The van der Waals surface area contributed by atoms with Gasteiger partial charge in [-0.2, -0.15) is 18.2 Å². The van der Waals surface area contributed by atoms with E-state index < -0.39 is 18.6 Å². The minimum Gasteiger partial charge on any atom is -0.475 e. The fraction of sp³-hybridized carbons (Fsp3) is 0.520. The Morgan fingerprint density at radius 3 is 2.83 bits per heavy atom. The number of carbonyl (C=O) groups excluding carboxylic acids is 1.